The fraction of sp³-hybridized carbons (Fsp3) is 0.488. The standard InChI is InChI=1S/C43H52F3N5O4S/c1-28-10-8-22-49(28)26-37(41(3,4)5)48-38(52)27-55-29(2)11-9-23-54-35-20-15-31(16-21-35)30-12-17-33(18-13-30)51-40(56)50(39(53)42(51,6)7)34-19-14-32(25-47)36(24-34)43(44,45)46/h12-21,24,28-29,37H,8-11,22-23,26-27H2,1-7H3,(H,48,52)/t28-,29-,37?/m1/s1. The zero-order valence-electron chi connectivity index (χ0n) is 33.2. The number of carbonyl (C=O) groups is 2. The molecule has 0 spiro atoms. The fourth-order valence-corrected chi connectivity index (χ4v) is 7.66. The second kappa shape index (κ2) is 17.3. The van der Waals surface area contributed by atoms with E-state index in [9.17, 15) is 28.0 Å². The third-order valence-corrected chi connectivity index (χ3v) is 11.0. The number of hydrogen-bond donors (Lipinski definition) is 1. The van der Waals surface area contributed by atoms with Gasteiger partial charge in [0.2, 0.25) is 5.91 Å². The maximum Gasteiger partial charge on any atom is 0.417 e. The van der Waals surface area contributed by atoms with Gasteiger partial charge in [0.05, 0.1) is 35.6 Å². The van der Waals surface area contributed by atoms with Crippen molar-refractivity contribution in [2.24, 2.45) is 5.41 Å². The Morgan fingerprint density at radius 3 is 2.23 bits per heavy atom. The molecule has 0 saturated carbocycles. The van der Waals surface area contributed by atoms with Gasteiger partial charge in [0, 0.05) is 24.3 Å². The molecule has 13 heteroatoms. The number of carbonyl (C=O) groups excluding carboxylic acids is 2. The molecule has 2 heterocycles. The molecule has 3 aromatic carbocycles. The van der Waals surface area contributed by atoms with Crippen LogP contribution in [0.5, 0.6) is 5.75 Å². The summed E-state index contributed by atoms with van der Waals surface area (Å²) < 4.78 is 53.0. The summed E-state index contributed by atoms with van der Waals surface area (Å²) in [7, 11) is 0. The molecule has 56 heavy (non-hydrogen) atoms. The Labute approximate surface area is 333 Å². The predicted octanol–water partition coefficient (Wildman–Crippen LogP) is 8.74. The molecular weight excluding hydrogens is 740 g/mol. The molecule has 1 unspecified atom stereocenters. The molecule has 9 nitrogen and oxygen atoms in total. The van der Waals surface area contributed by atoms with Crippen molar-refractivity contribution in [2.45, 2.75) is 104 Å². The highest BCUT2D eigenvalue weighted by molar-refractivity contribution is 7.81. The topological polar surface area (TPSA) is 98.1 Å². The summed E-state index contributed by atoms with van der Waals surface area (Å²) in [5.74, 6) is 0.139. The summed E-state index contributed by atoms with van der Waals surface area (Å²) in [5, 5.41) is 12.4. The number of alkyl halides is 3. The average molecular weight is 792 g/mol. The van der Waals surface area contributed by atoms with Crippen LogP contribution in [0.15, 0.2) is 66.7 Å². The number of amides is 2. The van der Waals surface area contributed by atoms with Crippen molar-refractivity contribution in [3.05, 3.63) is 77.9 Å². The molecule has 0 radical (unpaired) electrons. The molecule has 3 aromatic rings. The van der Waals surface area contributed by atoms with Gasteiger partial charge in [-0.25, -0.2) is 0 Å². The summed E-state index contributed by atoms with van der Waals surface area (Å²) in [6.45, 7) is 16.5. The molecular formula is C43H52F3N5O4S. The number of benzene rings is 3. The summed E-state index contributed by atoms with van der Waals surface area (Å²) in [5.41, 5.74) is -0.537. The first-order valence-corrected chi connectivity index (χ1v) is 19.5. The number of ether oxygens (including phenoxy) is 2. The van der Waals surface area contributed by atoms with Crippen LogP contribution < -0.4 is 19.9 Å². The summed E-state index contributed by atoms with van der Waals surface area (Å²) in [6, 6.07) is 20.4. The van der Waals surface area contributed by atoms with E-state index < -0.39 is 28.7 Å². The SMILES string of the molecule is C[C@H](CCCOc1ccc(-c2ccc(N3C(=S)N(c4ccc(C#N)c(C(F)(F)F)c4)C(=O)C3(C)C)cc2)cc1)OCC(=O)NC(CN1CCC[C@H]1C)C(C)(C)C. The minimum absolute atomic E-state index is 0.0242. The lowest BCUT2D eigenvalue weighted by Gasteiger charge is -2.36. The maximum absolute atomic E-state index is 13.7. The van der Waals surface area contributed by atoms with Crippen molar-refractivity contribution in [1.29, 1.82) is 5.26 Å². The molecule has 0 aliphatic carbocycles. The van der Waals surface area contributed by atoms with Crippen LogP contribution in [0.2, 0.25) is 0 Å². The maximum atomic E-state index is 13.7. The summed E-state index contributed by atoms with van der Waals surface area (Å²) >= 11 is 5.67. The smallest absolute Gasteiger partial charge is 0.417 e. The number of anilines is 2. The first kappa shape index (κ1) is 42.6. The van der Waals surface area contributed by atoms with Gasteiger partial charge in [-0.15, -0.1) is 0 Å². The number of hydrogen-bond acceptors (Lipinski definition) is 7. The molecule has 2 fully saturated rings. The van der Waals surface area contributed by atoms with Crippen molar-refractivity contribution in [3.8, 4) is 22.9 Å². The first-order valence-electron chi connectivity index (χ1n) is 19.1. The zero-order valence-corrected chi connectivity index (χ0v) is 34.0. The Hall–Kier alpha value is -4.51. The normalized spacial score (nSPS) is 18.6. The minimum atomic E-state index is -4.78. The van der Waals surface area contributed by atoms with Crippen molar-refractivity contribution >= 4 is 40.5 Å². The number of thiocarbonyl (C=S) groups is 1. The molecule has 5 rings (SSSR count). The molecule has 2 amide bonds. The second-order valence-electron chi connectivity index (χ2n) is 16.3. The van der Waals surface area contributed by atoms with Crippen LogP contribution in [0.1, 0.15) is 85.3 Å². The molecule has 2 saturated heterocycles. The van der Waals surface area contributed by atoms with Crippen LogP contribution >= 0.6 is 12.2 Å². The quantitative estimate of drug-likeness (QED) is 0.128. The van der Waals surface area contributed by atoms with Gasteiger partial charge in [0.1, 0.15) is 17.9 Å². The number of nitrogens with zero attached hydrogens (tertiary/aromatic N) is 4. The van der Waals surface area contributed by atoms with Crippen LogP contribution in [0.4, 0.5) is 24.5 Å². The van der Waals surface area contributed by atoms with Crippen molar-refractivity contribution in [1.82, 2.24) is 10.2 Å². The van der Waals surface area contributed by atoms with Gasteiger partial charge in [0.25, 0.3) is 5.91 Å². The van der Waals surface area contributed by atoms with Gasteiger partial charge in [-0.3, -0.25) is 19.4 Å². The van der Waals surface area contributed by atoms with Crippen LogP contribution in [0.3, 0.4) is 0 Å². The Kier molecular flexibility index (Phi) is 13.2. The highest BCUT2D eigenvalue weighted by atomic mass is 32.1. The summed E-state index contributed by atoms with van der Waals surface area (Å²) in [6.07, 6.45) is -0.973. The fourth-order valence-electron chi connectivity index (χ4n) is 7.14. The van der Waals surface area contributed by atoms with Gasteiger partial charge in [-0.2, -0.15) is 18.4 Å². The van der Waals surface area contributed by atoms with E-state index >= 15 is 0 Å². The van der Waals surface area contributed by atoms with E-state index in [0.717, 1.165) is 59.8 Å². The lowest BCUT2D eigenvalue weighted by atomic mass is 9.86. The number of likely N-dealkylation sites (tertiary alicyclic amines) is 1. The highest BCUT2D eigenvalue weighted by Crippen LogP contribution is 2.40. The zero-order chi connectivity index (χ0) is 41.0. The number of nitrogens with one attached hydrogen (secondary N) is 1. The average Bonchev–Trinajstić information content (AvgIpc) is 3.63. The predicted molar refractivity (Wildman–Crippen MR) is 216 cm³/mol. The van der Waals surface area contributed by atoms with Crippen LogP contribution in [-0.2, 0) is 20.5 Å². The van der Waals surface area contributed by atoms with Gasteiger partial charge in [-0.1, -0.05) is 45.0 Å². The van der Waals surface area contributed by atoms with E-state index in [4.69, 9.17) is 21.7 Å². The van der Waals surface area contributed by atoms with E-state index in [0.29, 0.717) is 18.3 Å². The molecule has 3 atom stereocenters. The number of halogens is 3. The minimum Gasteiger partial charge on any atom is -0.494 e. The van der Waals surface area contributed by atoms with Crippen LogP contribution in [0, 0.1) is 16.7 Å². The van der Waals surface area contributed by atoms with E-state index in [1.165, 1.54) is 18.9 Å². The molecule has 1 N–H and O–H groups in total. The van der Waals surface area contributed by atoms with Gasteiger partial charge < -0.3 is 19.7 Å². The van der Waals surface area contributed by atoms with E-state index in [1.54, 1.807) is 24.8 Å². The third-order valence-electron chi connectivity index (χ3n) is 10.7. The third kappa shape index (κ3) is 9.89. The highest BCUT2D eigenvalue weighted by Gasteiger charge is 2.50. The summed E-state index contributed by atoms with van der Waals surface area (Å²) in [4.78, 5) is 31.5. The van der Waals surface area contributed by atoms with Gasteiger partial charge in [-0.05, 0) is 131 Å². The largest absolute Gasteiger partial charge is 0.494 e. The Morgan fingerprint density at radius 2 is 1.66 bits per heavy atom. The van der Waals surface area contributed by atoms with Crippen molar-refractivity contribution in [2.75, 3.05) is 36.1 Å². The monoisotopic (exact) mass is 791 g/mol. The van der Waals surface area contributed by atoms with Crippen LogP contribution in [0.25, 0.3) is 11.1 Å². The lowest BCUT2D eigenvalue weighted by molar-refractivity contribution is -0.137. The Balaban J connectivity index is 1.10. The first-order chi connectivity index (χ1) is 26.3. The Morgan fingerprint density at radius 1 is 1.04 bits per heavy atom. The molecule has 2 aliphatic rings. The van der Waals surface area contributed by atoms with Crippen molar-refractivity contribution < 1.29 is 32.2 Å². The van der Waals surface area contributed by atoms with E-state index in [2.05, 4.69) is 37.9 Å². The van der Waals surface area contributed by atoms with Crippen molar-refractivity contribution in [3.63, 3.8) is 0 Å². The second-order valence-corrected chi connectivity index (χ2v) is 16.7. The molecule has 300 valence electrons. The Bertz CT molecular complexity index is 1920. The van der Waals surface area contributed by atoms with Crippen LogP contribution in [-0.4, -0.2) is 71.9 Å². The molecule has 2 aliphatic heterocycles. The van der Waals surface area contributed by atoms with E-state index in [-0.39, 0.29) is 40.9 Å². The molecule has 0 bridgehead atoms. The molecule has 0 aromatic heterocycles. The van der Waals surface area contributed by atoms with E-state index in [1.807, 2.05) is 55.5 Å². The van der Waals surface area contributed by atoms with Gasteiger partial charge in [0.15, 0.2) is 5.11 Å². The number of rotatable bonds is 14. The number of nitriles is 1. The van der Waals surface area contributed by atoms with Gasteiger partial charge >= 0.3 is 6.18 Å². The lowest BCUT2D eigenvalue weighted by Crippen LogP contribution is -2.52.